The van der Waals surface area contributed by atoms with Crippen molar-refractivity contribution in [3.8, 4) is 5.75 Å². The predicted octanol–water partition coefficient (Wildman–Crippen LogP) is 2.22. The number of hydrogen-bond donors (Lipinski definition) is 1. The van der Waals surface area contributed by atoms with Crippen LogP contribution in [0.15, 0.2) is 24.3 Å². The van der Waals surface area contributed by atoms with Crippen LogP contribution in [0.4, 0.5) is 0 Å². The summed E-state index contributed by atoms with van der Waals surface area (Å²) in [6.07, 6.45) is 0. The van der Waals surface area contributed by atoms with Crippen molar-refractivity contribution in [1.82, 2.24) is 25.5 Å². The fraction of sp³-hybridized carbons (Fsp3) is 0.500. The fourth-order valence-electron chi connectivity index (χ4n) is 1.96. The summed E-state index contributed by atoms with van der Waals surface area (Å²) in [6, 6.07) is 7.21. The molecular formula is C16H23N5O2. The van der Waals surface area contributed by atoms with E-state index in [1.54, 1.807) is 28.9 Å². The third-order valence-corrected chi connectivity index (χ3v) is 3.21. The van der Waals surface area contributed by atoms with Crippen LogP contribution in [0.1, 0.15) is 49.9 Å². The summed E-state index contributed by atoms with van der Waals surface area (Å²) in [6.45, 7) is 9.07. The van der Waals surface area contributed by atoms with Gasteiger partial charge in [0, 0.05) is 12.1 Å². The van der Waals surface area contributed by atoms with Crippen LogP contribution in [0.3, 0.4) is 0 Å². The summed E-state index contributed by atoms with van der Waals surface area (Å²) in [4.78, 5) is 11.9. The first-order chi connectivity index (χ1) is 11.0. The highest BCUT2D eigenvalue weighted by molar-refractivity contribution is 5.94. The van der Waals surface area contributed by atoms with Crippen LogP contribution in [0.2, 0.25) is 0 Å². The van der Waals surface area contributed by atoms with E-state index in [1.165, 1.54) is 0 Å². The zero-order valence-electron chi connectivity index (χ0n) is 14.0. The van der Waals surface area contributed by atoms with Crippen molar-refractivity contribution in [2.45, 2.75) is 40.3 Å². The number of aromatic nitrogens is 4. The first-order valence-corrected chi connectivity index (χ1v) is 7.75. The minimum Gasteiger partial charge on any atom is -0.486 e. The van der Waals surface area contributed by atoms with Gasteiger partial charge in [0.15, 0.2) is 5.82 Å². The second-order valence-electron chi connectivity index (χ2n) is 6.05. The van der Waals surface area contributed by atoms with Crippen molar-refractivity contribution in [1.29, 1.82) is 0 Å². The van der Waals surface area contributed by atoms with Crippen LogP contribution in [-0.2, 0) is 6.61 Å². The molecule has 0 aliphatic carbocycles. The highest BCUT2D eigenvalue weighted by Crippen LogP contribution is 2.14. The minimum absolute atomic E-state index is 0.0750. The maximum absolute atomic E-state index is 11.9. The Morgan fingerprint density at radius 2 is 1.91 bits per heavy atom. The maximum atomic E-state index is 11.9. The lowest BCUT2D eigenvalue weighted by Crippen LogP contribution is -2.27. The van der Waals surface area contributed by atoms with Gasteiger partial charge in [-0.2, -0.15) is 0 Å². The molecule has 0 fully saturated rings. The maximum Gasteiger partial charge on any atom is 0.251 e. The van der Waals surface area contributed by atoms with Gasteiger partial charge >= 0.3 is 0 Å². The molecular weight excluding hydrogens is 294 g/mol. The van der Waals surface area contributed by atoms with E-state index >= 15 is 0 Å². The fourth-order valence-corrected chi connectivity index (χ4v) is 1.96. The molecule has 0 unspecified atom stereocenters. The van der Waals surface area contributed by atoms with Gasteiger partial charge in [-0.25, -0.2) is 4.68 Å². The molecule has 0 bridgehead atoms. The van der Waals surface area contributed by atoms with Crippen molar-refractivity contribution in [2.24, 2.45) is 5.92 Å². The smallest absolute Gasteiger partial charge is 0.251 e. The molecule has 0 saturated carbocycles. The summed E-state index contributed by atoms with van der Waals surface area (Å²) in [5, 5.41) is 14.4. The molecule has 0 aliphatic heterocycles. The van der Waals surface area contributed by atoms with Gasteiger partial charge in [-0.3, -0.25) is 4.79 Å². The molecule has 1 aromatic heterocycles. The molecule has 1 aromatic carbocycles. The normalized spacial score (nSPS) is 11.0. The van der Waals surface area contributed by atoms with Crippen LogP contribution in [0.5, 0.6) is 5.75 Å². The number of amides is 1. The Bertz CT molecular complexity index is 634. The second kappa shape index (κ2) is 7.71. The third-order valence-electron chi connectivity index (χ3n) is 3.21. The molecule has 0 saturated heterocycles. The molecule has 0 radical (unpaired) electrons. The summed E-state index contributed by atoms with van der Waals surface area (Å²) in [5.74, 6) is 1.69. The number of nitrogens with one attached hydrogen (secondary N) is 1. The number of benzene rings is 1. The average Bonchev–Trinajstić information content (AvgIpc) is 3.00. The number of nitrogens with zero attached hydrogens (tertiary/aromatic N) is 4. The molecule has 0 spiro atoms. The lowest BCUT2D eigenvalue weighted by Gasteiger charge is -2.10. The Hall–Kier alpha value is -2.44. The van der Waals surface area contributed by atoms with Crippen LogP contribution in [0, 0.1) is 5.92 Å². The molecule has 2 rings (SSSR count). The van der Waals surface area contributed by atoms with Crippen LogP contribution < -0.4 is 10.1 Å². The summed E-state index contributed by atoms with van der Waals surface area (Å²) in [7, 11) is 0. The number of tetrazole rings is 1. The van der Waals surface area contributed by atoms with E-state index in [0.29, 0.717) is 29.6 Å². The zero-order valence-corrected chi connectivity index (χ0v) is 14.0. The van der Waals surface area contributed by atoms with Gasteiger partial charge in [0.2, 0.25) is 0 Å². The largest absolute Gasteiger partial charge is 0.486 e. The van der Waals surface area contributed by atoms with Crippen molar-refractivity contribution in [3.63, 3.8) is 0 Å². The van der Waals surface area contributed by atoms with Gasteiger partial charge in [0.05, 0.1) is 6.04 Å². The standard InChI is InChI=1S/C16H23N5O2/c1-11(2)9-17-16(22)13-5-7-14(8-6-13)23-10-15-18-19-20-21(15)12(3)4/h5-8,11-12H,9-10H2,1-4H3,(H,17,22). The number of rotatable bonds is 7. The molecule has 23 heavy (non-hydrogen) atoms. The van der Waals surface area contributed by atoms with Gasteiger partial charge in [-0.05, 0) is 54.5 Å². The monoisotopic (exact) mass is 317 g/mol. The quantitative estimate of drug-likeness (QED) is 0.846. The molecule has 0 aliphatic rings. The van der Waals surface area contributed by atoms with Crippen LogP contribution in [-0.4, -0.2) is 32.7 Å². The molecule has 0 atom stereocenters. The number of ether oxygens (including phenoxy) is 1. The van der Waals surface area contributed by atoms with E-state index in [0.717, 1.165) is 0 Å². The van der Waals surface area contributed by atoms with E-state index in [1.807, 2.05) is 13.8 Å². The molecule has 1 heterocycles. The summed E-state index contributed by atoms with van der Waals surface area (Å²) in [5.41, 5.74) is 0.616. The van der Waals surface area contributed by atoms with E-state index in [9.17, 15) is 4.79 Å². The first-order valence-electron chi connectivity index (χ1n) is 7.75. The highest BCUT2D eigenvalue weighted by atomic mass is 16.5. The number of hydrogen-bond acceptors (Lipinski definition) is 5. The average molecular weight is 317 g/mol. The van der Waals surface area contributed by atoms with Crippen molar-refractivity contribution in [2.75, 3.05) is 6.54 Å². The van der Waals surface area contributed by atoms with Crippen molar-refractivity contribution < 1.29 is 9.53 Å². The Labute approximate surface area is 136 Å². The van der Waals surface area contributed by atoms with Crippen LogP contribution >= 0.6 is 0 Å². The first kappa shape index (κ1) is 16.9. The SMILES string of the molecule is CC(C)CNC(=O)c1ccc(OCc2nnnn2C(C)C)cc1. The minimum atomic E-state index is -0.0750. The number of carbonyl (C=O) groups is 1. The molecule has 7 nitrogen and oxygen atoms in total. The predicted molar refractivity (Wildman–Crippen MR) is 86.1 cm³/mol. The molecule has 2 aromatic rings. The summed E-state index contributed by atoms with van der Waals surface area (Å²) < 4.78 is 7.40. The van der Waals surface area contributed by atoms with Gasteiger partial charge in [0.25, 0.3) is 5.91 Å². The van der Waals surface area contributed by atoms with Crippen molar-refractivity contribution in [3.05, 3.63) is 35.7 Å². The highest BCUT2D eigenvalue weighted by Gasteiger charge is 2.10. The Kier molecular flexibility index (Phi) is 5.67. The van der Waals surface area contributed by atoms with E-state index in [2.05, 4.69) is 34.7 Å². The van der Waals surface area contributed by atoms with Crippen molar-refractivity contribution >= 4 is 5.91 Å². The second-order valence-corrected chi connectivity index (χ2v) is 6.05. The third kappa shape index (κ3) is 4.77. The van der Waals surface area contributed by atoms with E-state index in [4.69, 9.17) is 4.74 Å². The lowest BCUT2D eigenvalue weighted by molar-refractivity contribution is 0.0949. The Morgan fingerprint density at radius 1 is 1.22 bits per heavy atom. The lowest BCUT2D eigenvalue weighted by atomic mass is 10.2. The summed E-state index contributed by atoms with van der Waals surface area (Å²) >= 11 is 0. The van der Waals surface area contributed by atoms with Gasteiger partial charge in [-0.15, -0.1) is 5.10 Å². The Morgan fingerprint density at radius 3 is 2.52 bits per heavy atom. The zero-order chi connectivity index (χ0) is 16.8. The molecule has 7 heteroatoms. The number of carbonyl (C=O) groups excluding carboxylic acids is 1. The van der Waals surface area contributed by atoms with Crippen LogP contribution in [0.25, 0.3) is 0 Å². The van der Waals surface area contributed by atoms with E-state index in [-0.39, 0.29) is 18.6 Å². The Balaban J connectivity index is 1.92. The molecule has 1 amide bonds. The molecule has 1 N–H and O–H groups in total. The van der Waals surface area contributed by atoms with Gasteiger partial charge in [-0.1, -0.05) is 13.8 Å². The van der Waals surface area contributed by atoms with Gasteiger partial charge < -0.3 is 10.1 Å². The molecule has 124 valence electrons. The van der Waals surface area contributed by atoms with Gasteiger partial charge in [0.1, 0.15) is 12.4 Å². The topological polar surface area (TPSA) is 81.9 Å². The van der Waals surface area contributed by atoms with E-state index < -0.39 is 0 Å².